The number of hydrogen-bond donors (Lipinski definition) is 4. The van der Waals surface area contributed by atoms with Crippen LogP contribution >= 0.6 is 0 Å². The van der Waals surface area contributed by atoms with Crippen LogP contribution in [-0.4, -0.2) is 79.6 Å². The molecule has 0 aromatic heterocycles. The van der Waals surface area contributed by atoms with Gasteiger partial charge in [-0.3, -0.25) is 19.2 Å². The molecule has 9 atom stereocenters. The number of rotatable bonds is 22. The first-order chi connectivity index (χ1) is 25.8. The summed E-state index contributed by atoms with van der Waals surface area (Å²) in [6, 6.07) is 0. The number of carbonyl (C=O) groups is 4. The highest BCUT2D eigenvalue weighted by molar-refractivity contribution is 5.85. The Balaban J connectivity index is 0.000000296. The van der Waals surface area contributed by atoms with E-state index in [1.54, 1.807) is 6.92 Å². The molecule has 2 aliphatic carbocycles. The van der Waals surface area contributed by atoms with E-state index in [4.69, 9.17) is 19.7 Å². The van der Waals surface area contributed by atoms with Gasteiger partial charge >= 0.3 is 23.8 Å². The molecule has 4 aliphatic rings. The summed E-state index contributed by atoms with van der Waals surface area (Å²) in [5.41, 5.74) is 0. The van der Waals surface area contributed by atoms with Gasteiger partial charge < -0.3 is 29.9 Å². The molecule has 0 amide bonds. The number of carboxylic acids is 2. The average molecular weight is 795 g/mol. The summed E-state index contributed by atoms with van der Waals surface area (Å²) in [5.74, 6) is -13.9. The maximum absolute atomic E-state index is 14.7. The third kappa shape index (κ3) is 12.9. The van der Waals surface area contributed by atoms with Crippen LogP contribution in [0.2, 0.25) is 0 Å². The molecule has 0 aromatic rings. The molecule has 1 unspecified atom stereocenters. The summed E-state index contributed by atoms with van der Waals surface area (Å²) in [7, 11) is 0. The minimum absolute atomic E-state index is 0.0371. The van der Waals surface area contributed by atoms with Crippen molar-refractivity contribution in [2.45, 2.75) is 204 Å². The van der Waals surface area contributed by atoms with Crippen LogP contribution in [0.1, 0.15) is 168 Å². The van der Waals surface area contributed by atoms with Gasteiger partial charge in [-0.25, -0.2) is 17.6 Å². The zero-order valence-electron chi connectivity index (χ0n) is 33.1. The lowest BCUT2D eigenvalue weighted by Gasteiger charge is -2.44. The Morgan fingerprint density at radius 2 is 1.13 bits per heavy atom. The molecule has 4 rings (SSSR count). The molecule has 2 aliphatic heterocycles. The summed E-state index contributed by atoms with van der Waals surface area (Å²) in [4.78, 5) is 45.8. The van der Waals surface area contributed by atoms with Gasteiger partial charge in [-0.05, 0) is 62.7 Å². The topological polar surface area (TPSA) is 168 Å². The van der Waals surface area contributed by atoms with Gasteiger partial charge in [-0.1, -0.05) is 72.1 Å². The van der Waals surface area contributed by atoms with Crippen molar-refractivity contribution in [3.63, 3.8) is 0 Å². The number of alkyl halides is 4. The molecule has 2 saturated heterocycles. The number of carbonyl (C=O) groups excluding carboxylic acids is 2. The van der Waals surface area contributed by atoms with Crippen LogP contribution in [0, 0.1) is 29.6 Å². The Morgan fingerprint density at radius 3 is 1.53 bits per heavy atom. The fourth-order valence-corrected chi connectivity index (χ4v) is 8.99. The van der Waals surface area contributed by atoms with Gasteiger partial charge in [0.15, 0.2) is 0 Å². The average Bonchev–Trinajstić information content (AvgIpc) is 3.58. The summed E-state index contributed by atoms with van der Waals surface area (Å²) in [6.45, 7) is 5.39. The lowest BCUT2D eigenvalue weighted by Crippen LogP contribution is -2.56. The van der Waals surface area contributed by atoms with Crippen LogP contribution in [0.3, 0.4) is 0 Å². The van der Waals surface area contributed by atoms with Gasteiger partial charge in [-0.15, -0.1) is 0 Å². The zero-order valence-corrected chi connectivity index (χ0v) is 33.1. The molecule has 2 heterocycles. The van der Waals surface area contributed by atoms with Crippen LogP contribution in [-0.2, 0) is 28.7 Å². The van der Waals surface area contributed by atoms with E-state index in [0.29, 0.717) is 57.8 Å². The molecular formula is C41H66F4O10. The predicted octanol–water partition coefficient (Wildman–Crippen LogP) is 8.87. The highest BCUT2D eigenvalue weighted by atomic mass is 19.3. The van der Waals surface area contributed by atoms with E-state index < -0.39 is 60.4 Å². The van der Waals surface area contributed by atoms with Gasteiger partial charge in [-0.2, -0.15) is 0 Å². The minimum Gasteiger partial charge on any atom is -0.481 e. The SMILES string of the molecule is CCCCC(F)(F)C1(O)CC[C@H]2[C@@H](CC(=O)[C@@H]2CCCCCCC(=O)O)O1.CC[C@H](C)CC(F)(F)[C@@]1(O)CC[C@H]2[C@@H](CC(=O)[C@@H]2CCCCCCC(=O)O)O1. The molecule has 55 heavy (non-hydrogen) atoms. The Hall–Kier alpha value is -2.16. The van der Waals surface area contributed by atoms with E-state index >= 15 is 0 Å². The first kappa shape index (κ1) is 47.2. The number of aliphatic carboxylic acids is 2. The molecule has 4 N–H and O–H groups in total. The number of carboxylic acid groups (broad SMARTS) is 2. The smallest absolute Gasteiger partial charge is 0.303 e. The number of hydrogen-bond acceptors (Lipinski definition) is 8. The van der Waals surface area contributed by atoms with E-state index in [-0.39, 0.29) is 79.7 Å². The summed E-state index contributed by atoms with van der Waals surface area (Å²) < 4.78 is 69.1. The monoisotopic (exact) mass is 794 g/mol. The first-order valence-corrected chi connectivity index (χ1v) is 20.8. The first-order valence-electron chi connectivity index (χ1n) is 20.8. The maximum atomic E-state index is 14.7. The predicted molar refractivity (Wildman–Crippen MR) is 195 cm³/mol. The van der Waals surface area contributed by atoms with Crippen molar-refractivity contribution in [2.24, 2.45) is 29.6 Å². The third-order valence-corrected chi connectivity index (χ3v) is 12.5. The molecule has 4 fully saturated rings. The second kappa shape index (κ2) is 21.0. The van der Waals surface area contributed by atoms with E-state index in [9.17, 15) is 47.0 Å². The molecule has 0 bridgehead atoms. The van der Waals surface area contributed by atoms with Gasteiger partial charge in [0, 0.05) is 63.2 Å². The number of ketones is 2. The number of fused-ring (bicyclic) bond motifs is 2. The molecule has 0 aromatic carbocycles. The van der Waals surface area contributed by atoms with Crippen molar-refractivity contribution in [2.75, 3.05) is 0 Å². The van der Waals surface area contributed by atoms with Crippen LogP contribution in [0.15, 0.2) is 0 Å². The van der Waals surface area contributed by atoms with Gasteiger partial charge in [0.1, 0.15) is 11.6 Å². The Kier molecular flexibility index (Phi) is 18.0. The van der Waals surface area contributed by atoms with E-state index in [1.165, 1.54) is 0 Å². The minimum atomic E-state index is -3.33. The van der Waals surface area contributed by atoms with Gasteiger partial charge in [0.2, 0.25) is 11.6 Å². The highest BCUT2D eigenvalue weighted by Crippen LogP contribution is 2.51. The summed E-state index contributed by atoms with van der Waals surface area (Å²) in [6.07, 6.45) is 7.95. The molecule has 318 valence electrons. The maximum Gasteiger partial charge on any atom is 0.303 e. The van der Waals surface area contributed by atoms with Crippen LogP contribution < -0.4 is 0 Å². The van der Waals surface area contributed by atoms with E-state index in [2.05, 4.69) is 0 Å². The van der Waals surface area contributed by atoms with Crippen molar-refractivity contribution in [1.29, 1.82) is 0 Å². The van der Waals surface area contributed by atoms with Crippen LogP contribution in [0.4, 0.5) is 17.6 Å². The summed E-state index contributed by atoms with van der Waals surface area (Å²) >= 11 is 0. The lowest BCUT2D eigenvalue weighted by molar-refractivity contribution is -0.358. The number of Topliss-reactive ketones (excluding diaryl/α,β-unsaturated/α-hetero) is 2. The van der Waals surface area contributed by atoms with Crippen molar-refractivity contribution < 1.29 is 66.6 Å². The van der Waals surface area contributed by atoms with Crippen molar-refractivity contribution in [3.05, 3.63) is 0 Å². The number of ether oxygens (including phenoxy) is 2. The van der Waals surface area contributed by atoms with Crippen molar-refractivity contribution in [1.82, 2.24) is 0 Å². The Morgan fingerprint density at radius 1 is 0.709 bits per heavy atom. The number of unbranched alkanes of at least 4 members (excludes halogenated alkanes) is 7. The zero-order chi connectivity index (χ0) is 41.0. The molecule has 0 spiro atoms. The quantitative estimate of drug-likeness (QED) is 0.0614. The second-order valence-electron chi connectivity index (χ2n) is 16.8. The summed E-state index contributed by atoms with van der Waals surface area (Å²) in [5, 5.41) is 38.2. The largest absolute Gasteiger partial charge is 0.481 e. The van der Waals surface area contributed by atoms with Gasteiger partial charge in [0.25, 0.3) is 0 Å². The normalized spacial score (nSPS) is 31.4. The molecular weight excluding hydrogens is 728 g/mol. The fourth-order valence-electron chi connectivity index (χ4n) is 8.99. The molecule has 0 radical (unpaired) electrons. The fraction of sp³-hybridized carbons (Fsp3) is 0.902. The van der Waals surface area contributed by atoms with Crippen LogP contribution in [0.25, 0.3) is 0 Å². The number of halogens is 4. The van der Waals surface area contributed by atoms with Crippen molar-refractivity contribution >= 4 is 23.5 Å². The number of aliphatic hydroxyl groups is 2. The molecule has 2 saturated carbocycles. The molecule has 10 nitrogen and oxygen atoms in total. The van der Waals surface area contributed by atoms with E-state index in [0.717, 1.165) is 38.5 Å². The standard InChI is InChI=1S/C21H34F2O5.C20H32F2O5/c1-3-14(2)13-20(22,23)21(27)11-10-16-15(17(24)12-18(16)28-21)8-6-4-5-7-9-19(25)26;1-2-3-11-19(21,22)20(26)12-10-15-14(16(23)13-17(15)27-20)8-6-4-5-7-9-18(24)25/h14-16,18,27H,3-13H2,1-2H3,(H,25,26);14-15,17,26H,2-13H2,1H3,(H,24,25)/t14-,15+,16+,18+,21+;14-,15-,17-,20?/m01/s1. The van der Waals surface area contributed by atoms with E-state index in [1.807, 2.05) is 13.8 Å². The van der Waals surface area contributed by atoms with Gasteiger partial charge in [0.05, 0.1) is 12.2 Å². The second-order valence-corrected chi connectivity index (χ2v) is 16.8. The van der Waals surface area contributed by atoms with Crippen LogP contribution in [0.5, 0.6) is 0 Å². The highest BCUT2D eigenvalue weighted by Gasteiger charge is 2.61. The third-order valence-electron chi connectivity index (χ3n) is 12.5. The Bertz CT molecular complexity index is 1270. The Labute approximate surface area is 323 Å². The van der Waals surface area contributed by atoms with Crippen molar-refractivity contribution in [3.8, 4) is 0 Å². The lowest BCUT2D eigenvalue weighted by atomic mass is 9.81. The molecule has 14 heteroatoms.